The van der Waals surface area contributed by atoms with E-state index in [4.69, 9.17) is 5.73 Å². The number of carbonyl (C=O) groups is 2. The maximum absolute atomic E-state index is 11.7. The van der Waals surface area contributed by atoms with Crippen LogP contribution in [0.4, 0.5) is 5.69 Å². The summed E-state index contributed by atoms with van der Waals surface area (Å²) in [4.78, 5) is 23.2. The van der Waals surface area contributed by atoms with E-state index in [0.29, 0.717) is 17.7 Å². The second kappa shape index (κ2) is 6.76. The van der Waals surface area contributed by atoms with E-state index in [-0.39, 0.29) is 11.8 Å². The molecule has 0 aliphatic rings. The number of rotatable bonds is 5. The average Bonchev–Trinajstić information content (AvgIpc) is 2.38. The number of anilines is 1. The van der Waals surface area contributed by atoms with E-state index in [1.54, 1.807) is 31.3 Å². The van der Waals surface area contributed by atoms with E-state index in [0.717, 1.165) is 6.42 Å². The molecule has 18 heavy (non-hydrogen) atoms. The van der Waals surface area contributed by atoms with Crippen molar-refractivity contribution in [3.8, 4) is 0 Å². The predicted molar refractivity (Wildman–Crippen MR) is 71.3 cm³/mol. The molecule has 4 N–H and O–H groups in total. The van der Waals surface area contributed by atoms with Crippen molar-refractivity contribution in [2.24, 2.45) is 5.73 Å². The van der Waals surface area contributed by atoms with Gasteiger partial charge in [-0.3, -0.25) is 9.59 Å². The number of benzene rings is 1. The Hall–Kier alpha value is -1.88. The molecule has 0 bridgehead atoms. The van der Waals surface area contributed by atoms with Crippen LogP contribution in [0.3, 0.4) is 0 Å². The topological polar surface area (TPSA) is 84.2 Å². The SMILES string of the molecule is CCC[C@H](N)C(=O)Nc1cccc(C(=O)NC)c1. The van der Waals surface area contributed by atoms with Crippen LogP contribution >= 0.6 is 0 Å². The van der Waals surface area contributed by atoms with E-state index in [1.807, 2.05) is 6.92 Å². The minimum absolute atomic E-state index is 0.191. The Kier molecular flexibility index (Phi) is 5.32. The van der Waals surface area contributed by atoms with Gasteiger partial charge in [-0.05, 0) is 24.6 Å². The molecule has 0 fully saturated rings. The van der Waals surface area contributed by atoms with Crippen molar-refractivity contribution in [1.82, 2.24) is 5.32 Å². The first-order chi connectivity index (χ1) is 8.58. The molecular formula is C13H19N3O2. The molecule has 0 heterocycles. The predicted octanol–water partition coefficient (Wildman–Crippen LogP) is 1.11. The molecule has 1 atom stereocenters. The first kappa shape index (κ1) is 14.2. The van der Waals surface area contributed by atoms with Crippen LogP contribution in [0, 0.1) is 0 Å². The van der Waals surface area contributed by atoms with Gasteiger partial charge in [0.2, 0.25) is 5.91 Å². The molecule has 0 aliphatic heterocycles. The molecule has 0 saturated heterocycles. The van der Waals surface area contributed by atoms with E-state index >= 15 is 0 Å². The molecule has 0 aromatic heterocycles. The fraction of sp³-hybridized carbons (Fsp3) is 0.385. The normalized spacial score (nSPS) is 11.7. The fourth-order valence-corrected chi connectivity index (χ4v) is 1.56. The summed E-state index contributed by atoms with van der Waals surface area (Å²) in [6.45, 7) is 1.97. The highest BCUT2D eigenvalue weighted by molar-refractivity contribution is 5.98. The highest BCUT2D eigenvalue weighted by Crippen LogP contribution is 2.11. The van der Waals surface area contributed by atoms with Crippen molar-refractivity contribution in [2.75, 3.05) is 12.4 Å². The lowest BCUT2D eigenvalue weighted by atomic mass is 10.1. The van der Waals surface area contributed by atoms with Crippen LogP contribution in [-0.2, 0) is 4.79 Å². The van der Waals surface area contributed by atoms with Crippen molar-refractivity contribution < 1.29 is 9.59 Å². The first-order valence-corrected chi connectivity index (χ1v) is 5.97. The van der Waals surface area contributed by atoms with E-state index in [2.05, 4.69) is 10.6 Å². The molecule has 1 aromatic rings. The molecule has 98 valence electrons. The van der Waals surface area contributed by atoms with Gasteiger partial charge in [-0.15, -0.1) is 0 Å². The van der Waals surface area contributed by atoms with Gasteiger partial charge in [0.1, 0.15) is 0 Å². The van der Waals surface area contributed by atoms with Gasteiger partial charge in [0.15, 0.2) is 0 Å². The molecule has 1 rings (SSSR count). The van der Waals surface area contributed by atoms with Gasteiger partial charge in [0, 0.05) is 18.3 Å². The Morgan fingerprint density at radius 3 is 2.72 bits per heavy atom. The molecule has 1 aromatic carbocycles. The van der Waals surface area contributed by atoms with Crippen LogP contribution < -0.4 is 16.4 Å². The summed E-state index contributed by atoms with van der Waals surface area (Å²) in [7, 11) is 1.56. The van der Waals surface area contributed by atoms with E-state index in [9.17, 15) is 9.59 Å². The number of carbonyl (C=O) groups excluding carboxylic acids is 2. The van der Waals surface area contributed by atoms with Gasteiger partial charge in [-0.1, -0.05) is 19.4 Å². The maximum Gasteiger partial charge on any atom is 0.251 e. The van der Waals surface area contributed by atoms with Crippen molar-refractivity contribution in [2.45, 2.75) is 25.8 Å². The third-order valence-corrected chi connectivity index (χ3v) is 2.56. The second-order valence-corrected chi connectivity index (χ2v) is 4.04. The smallest absolute Gasteiger partial charge is 0.251 e. The summed E-state index contributed by atoms with van der Waals surface area (Å²) in [5.41, 5.74) is 6.78. The van der Waals surface area contributed by atoms with Crippen molar-refractivity contribution in [3.05, 3.63) is 29.8 Å². The van der Waals surface area contributed by atoms with Gasteiger partial charge in [0.05, 0.1) is 6.04 Å². The Labute approximate surface area is 107 Å². The van der Waals surface area contributed by atoms with Crippen molar-refractivity contribution in [3.63, 3.8) is 0 Å². The van der Waals surface area contributed by atoms with Crippen molar-refractivity contribution in [1.29, 1.82) is 0 Å². The first-order valence-electron chi connectivity index (χ1n) is 5.97. The molecule has 0 unspecified atom stereocenters. The molecule has 5 nitrogen and oxygen atoms in total. The van der Waals surface area contributed by atoms with Gasteiger partial charge in [-0.25, -0.2) is 0 Å². The maximum atomic E-state index is 11.7. The zero-order valence-electron chi connectivity index (χ0n) is 10.7. The summed E-state index contributed by atoms with van der Waals surface area (Å²) in [5.74, 6) is -0.421. The van der Waals surface area contributed by atoms with Crippen LogP contribution in [0.2, 0.25) is 0 Å². The van der Waals surface area contributed by atoms with Crippen LogP contribution in [-0.4, -0.2) is 24.9 Å². The third kappa shape index (κ3) is 3.85. The summed E-state index contributed by atoms with van der Waals surface area (Å²) in [5, 5.41) is 5.23. The largest absolute Gasteiger partial charge is 0.355 e. The Bertz CT molecular complexity index is 432. The van der Waals surface area contributed by atoms with Crippen LogP contribution in [0.5, 0.6) is 0 Å². The summed E-state index contributed by atoms with van der Waals surface area (Å²) < 4.78 is 0. The minimum atomic E-state index is -0.515. The Morgan fingerprint density at radius 2 is 2.11 bits per heavy atom. The van der Waals surface area contributed by atoms with Crippen LogP contribution in [0.15, 0.2) is 24.3 Å². The molecule has 2 amide bonds. The highest BCUT2D eigenvalue weighted by atomic mass is 16.2. The lowest BCUT2D eigenvalue weighted by Crippen LogP contribution is -2.35. The highest BCUT2D eigenvalue weighted by Gasteiger charge is 2.12. The quantitative estimate of drug-likeness (QED) is 0.731. The van der Waals surface area contributed by atoms with E-state index < -0.39 is 6.04 Å². The third-order valence-electron chi connectivity index (χ3n) is 2.56. The molecule has 0 radical (unpaired) electrons. The summed E-state index contributed by atoms with van der Waals surface area (Å²) in [6.07, 6.45) is 1.49. The summed E-state index contributed by atoms with van der Waals surface area (Å²) >= 11 is 0. The van der Waals surface area contributed by atoms with Gasteiger partial charge < -0.3 is 16.4 Å². The monoisotopic (exact) mass is 249 g/mol. The molecule has 0 aliphatic carbocycles. The van der Waals surface area contributed by atoms with Crippen molar-refractivity contribution >= 4 is 17.5 Å². The van der Waals surface area contributed by atoms with E-state index in [1.165, 1.54) is 0 Å². The number of nitrogens with one attached hydrogen (secondary N) is 2. The van der Waals surface area contributed by atoms with Gasteiger partial charge in [-0.2, -0.15) is 0 Å². The molecule has 0 spiro atoms. The van der Waals surface area contributed by atoms with Gasteiger partial charge in [0.25, 0.3) is 5.91 Å². The molecule has 5 heteroatoms. The Morgan fingerprint density at radius 1 is 1.39 bits per heavy atom. The zero-order valence-corrected chi connectivity index (χ0v) is 10.7. The number of hydrogen-bond donors (Lipinski definition) is 3. The fourth-order valence-electron chi connectivity index (χ4n) is 1.56. The minimum Gasteiger partial charge on any atom is -0.355 e. The second-order valence-electron chi connectivity index (χ2n) is 4.04. The number of nitrogens with two attached hydrogens (primary N) is 1. The summed E-state index contributed by atoms with van der Waals surface area (Å²) in [6, 6.07) is 6.23. The molecular weight excluding hydrogens is 230 g/mol. The Balaban J connectivity index is 2.73. The average molecular weight is 249 g/mol. The standard InChI is InChI=1S/C13H19N3O2/c1-3-5-11(14)13(18)16-10-7-4-6-9(8-10)12(17)15-2/h4,6-8,11H,3,5,14H2,1-2H3,(H,15,17)(H,16,18)/t11-/m0/s1. The van der Waals surface area contributed by atoms with Crippen LogP contribution in [0.1, 0.15) is 30.1 Å². The van der Waals surface area contributed by atoms with Gasteiger partial charge >= 0.3 is 0 Å². The van der Waals surface area contributed by atoms with Crippen LogP contribution in [0.25, 0.3) is 0 Å². The number of hydrogen-bond acceptors (Lipinski definition) is 3. The zero-order chi connectivity index (χ0) is 13.5. The number of amides is 2. The lowest BCUT2D eigenvalue weighted by molar-refractivity contribution is -0.117. The molecule has 0 saturated carbocycles. The lowest BCUT2D eigenvalue weighted by Gasteiger charge is -2.11.